The number of carbonyl (C=O) groups excluding carboxylic acids is 1. The van der Waals surface area contributed by atoms with Crippen molar-refractivity contribution in [2.45, 2.75) is 31.1 Å². The number of nitrogens with zero attached hydrogens (tertiary/aromatic N) is 1. The molecule has 1 aliphatic rings. The van der Waals surface area contributed by atoms with Gasteiger partial charge >= 0.3 is 0 Å². The number of anilines is 1. The van der Waals surface area contributed by atoms with E-state index in [0.717, 1.165) is 31.2 Å². The van der Waals surface area contributed by atoms with Gasteiger partial charge in [-0.1, -0.05) is 19.1 Å². The monoisotopic (exact) mass is 310 g/mol. The van der Waals surface area contributed by atoms with Crippen LogP contribution in [-0.2, 0) is 14.8 Å². The third-order valence-electron chi connectivity index (χ3n) is 3.77. The average Bonchev–Trinajstić information content (AvgIpc) is 2.53. The van der Waals surface area contributed by atoms with E-state index < -0.39 is 10.0 Å². The van der Waals surface area contributed by atoms with Gasteiger partial charge in [-0.15, -0.1) is 0 Å². The second-order valence-electron chi connectivity index (χ2n) is 5.33. The fourth-order valence-corrected chi connectivity index (χ4v) is 3.89. The van der Waals surface area contributed by atoms with Crippen LogP contribution in [-0.4, -0.2) is 34.3 Å². The maximum atomic E-state index is 12.4. The fourth-order valence-electron chi connectivity index (χ4n) is 2.54. The van der Waals surface area contributed by atoms with Crippen LogP contribution >= 0.6 is 0 Å². The Balaban J connectivity index is 2.23. The summed E-state index contributed by atoms with van der Waals surface area (Å²) in [6.07, 6.45) is 3.31. The number of para-hydroxylation sites is 1. The van der Waals surface area contributed by atoms with E-state index in [4.69, 9.17) is 0 Å². The van der Waals surface area contributed by atoms with E-state index in [1.165, 1.54) is 0 Å². The van der Waals surface area contributed by atoms with Gasteiger partial charge in [-0.2, -0.15) is 0 Å². The molecule has 1 aromatic rings. The highest BCUT2D eigenvalue weighted by Crippen LogP contribution is 2.28. The first-order chi connectivity index (χ1) is 10.1. The highest BCUT2D eigenvalue weighted by molar-refractivity contribution is 7.89. The molecule has 0 atom stereocenters. The smallest absolute Gasteiger partial charge is 0.242 e. The van der Waals surface area contributed by atoms with Crippen molar-refractivity contribution in [2.75, 3.05) is 24.5 Å². The molecule has 1 heterocycles. The summed E-state index contributed by atoms with van der Waals surface area (Å²) in [6, 6.07) is 7.06. The maximum absolute atomic E-state index is 12.4. The van der Waals surface area contributed by atoms with Crippen LogP contribution < -0.4 is 9.62 Å². The number of benzene rings is 1. The molecule has 0 bridgehead atoms. The molecular weight excluding hydrogens is 288 g/mol. The van der Waals surface area contributed by atoms with Crippen LogP contribution in [0, 0.1) is 5.92 Å². The van der Waals surface area contributed by atoms with Gasteiger partial charge in [0.15, 0.2) is 0 Å². The number of aldehydes is 1. The molecule has 0 amide bonds. The van der Waals surface area contributed by atoms with Gasteiger partial charge in [0, 0.05) is 25.6 Å². The molecular formula is C15H22N2O3S. The first kappa shape index (κ1) is 16.0. The Kier molecular flexibility index (Phi) is 5.36. The maximum Gasteiger partial charge on any atom is 0.242 e. The van der Waals surface area contributed by atoms with Crippen molar-refractivity contribution in [3.8, 4) is 0 Å². The zero-order valence-electron chi connectivity index (χ0n) is 12.3. The standard InChI is InChI=1S/C15H22N2O3S/c1-2-9-16-21(19,20)15-6-4-3-5-14(15)17-10-7-13(12-18)8-11-17/h3-6,12-13,16H,2,7-11H2,1H3. The van der Waals surface area contributed by atoms with Gasteiger partial charge in [-0.3, -0.25) is 0 Å². The van der Waals surface area contributed by atoms with Gasteiger partial charge in [0.2, 0.25) is 10.0 Å². The normalized spacial score (nSPS) is 16.9. The Morgan fingerprint density at radius 3 is 2.57 bits per heavy atom. The van der Waals surface area contributed by atoms with Crippen LogP contribution in [0.3, 0.4) is 0 Å². The molecule has 1 aromatic carbocycles. The van der Waals surface area contributed by atoms with Crippen molar-refractivity contribution in [1.82, 2.24) is 4.72 Å². The van der Waals surface area contributed by atoms with Crippen molar-refractivity contribution in [3.63, 3.8) is 0 Å². The zero-order valence-corrected chi connectivity index (χ0v) is 13.1. The predicted molar refractivity (Wildman–Crippen MR) is 82.9 cm³/mol. The summed E-state index contributed by atoms with van der Waals surface area (Å²) in [4.78, 5) is 13.2. The van der Waals surface area contributed by atoms with E-state index in [-0.39, 0.29) is 5.92 Å². The molecule has 0 spiro atoms. The molecule has 2 rings (SSSR count). The lowest BCUT2D eigenvalue weighted by Gasteiger charge is -2.32. The average molecular weight is 310 g/mol. The summed E-state index contributed by atoms with van der Waals surface area (Å²) >= 11 is 0. The molecule has 1 saturated heterocycles. The highest BCUT2D eigenvalue weighted by atomic mass is 32.2. The number of piperidine rings is 1. The first-order valence-corrected chi connectivity index (χ1v) is 8.85. The summed E-state index contributed by atoms with van der Waals surface area (Å²) in [5.41, 5.74) is 0.727. The Bertz CT molecular complexity index is 578. The molecule has 1 N–H and O–H groups in total. The summed E-state index contributed by atoms with van der Waals surface area (Å²) in [5, 5.41) is 0. The lowest BCUT2D eigenvalue weighted by atomic mass is 9.98. The van der Waals surface area contributed by atoms with E-state index >= 15 is 0 Å². The largest absolute Gasteiger partial charge is 0.370 e. The van der Waals surface area contributed by atoms with Crippen molar-refractivity contribution < 1.29 is 13.2 Å². The number of nitrogens with one attached hydrogen (secondary N) is 1. The molecule has 0 saturated carbocycles. The lowest BCUT2D eigenvalue weighted by Crippen LogP contribution is -2.36. The molecule has 1 fully saturated rings. The van der Waals surface area contributed by atoms with Crippen molar-refractivity contribution >= 4 is 22.0 Å². The number of hydrogen-bond acceptors (Lipinski definition) is 4. The third kappa shape index (κ3) is 3.83. The second-order valence-corrected chi connectivity index (χ2v) is 7.06. The molecule has 0 aromatic heterocycles. The molecule has 21 heavy (non-hydrogen) atoms. The first-order valence-electron chi connectivity index (χ1n) is 7.37. The van der Waals surface area contributed by atoms with Crippen LogP contribution in [0.2, 0.25) is 0 Å². The van der Waals surface area contributed by atoms with Gasteiger partial charge in [-0.25, -0.2) is 13.1 Å². The van der Waals surface area contributed by atoms with E-state index in [9.17, 15) is 13.2 Å². The zero-order chi connectivity index (χ0) is 15.3. The van der Waals surface area contributed by atoms with Gasteiger partial charge in [-0.05, 0) is 31.4 Å². The Morgan fingerprint density at radius 1 is 1.29 bits per heavy atom. The third-order valence-corrected chi connectivity index (χ3v) is 5.28. The Labute approximate surface area is 126 Å². The number of rotatable bonds is 6. The quantitative estimate of drug-likeness (QED) is 0.814. The van der Waals surface area contributed by atoms with Crippen LogP contribution in [0.1, 0.15) is 26.2 Å². The van der Waals surface area contributed by atoms with Gasteiger partial charge < -0.3 is 9.69 Å². The molecule has 6 heteroatoms. The fraction of sp³-hybridized carbons (Fsp3) is 0.533. The van der Waals surface area contributed by atoms with Crippen molar-refractivity contribution in [3.05, 3.63) is 24.3 Å². The SMILES string of the molecule is CCCNS(=O)(=O)c1ccccc1N1CCC(C=O)CC1. The predicted octanol–water partition coefficient (Wildman–Crippen LogP) is 1.79. The van der Waals surface area contributed by atoms with Gasteiger partial charge in [0.25, 0.3) is 0 Å². The van der Waals surface area contributed by atoms with E-state index in [0.29, 0.717) is 24.5 Å². The van der Waals surface area contributed by atoms with Crippen LogP contribution in [0.25, 0.3) is 0 Å². The van der Waals surface area contributed by atoms with Crippen LogP contribution in [0.4, 0.5) is 5.69 Å². The van der Waals surface area contributed by atoms with Crippen LogP contribution in [0.15, 0.2) is 29.2 Å². The Morgan fingerprint density at radius 2 is 1.95 bits per heavy atom. The highest BCUT2D eigenvalue weighted by Gasteiger charge is 2.24. The van der Waals surface area contributed by atoms with Crippen molar-refractivity contribution in [1.29, 1.82) is 0 Å². The van der Waals surface area contributed by atoms with E-state index in [2.05, 4.69) is 9.62 Å². The minimum absolute atomic E-state index is 0.100. The summed E-state index contributed by atoms with van der Waals surface area (Å²) in [6.45, 7) is 3.79. The van der Waals surface area contributed by atoms with Crippen molar-refractivity contribution in [2.24, 2.45) is 5.92 Å². The summed E-state index contributed by atoms with van der Waals surface area (Å²) in [5.74, 6) is 0.100. The molecule has 0 radical (unpaired) electrons. The summed E-state index contributed by atoms with van der Waals surface area (Å²) in [7, 11) is -3.48. The number of carbonyl (C=O) groups is 1. The van der Waals surface area contributed by atoms with Crippen LogP contribution in [0.5, 0.6) is 0 Å². The topological polar surface area (TPSA) is 66.5 Å². The van der Waals surface area contributed by atoms with E-state index in [1.807, 2.05) is 19.1 Å². The Hall–Kier alpha value is -1.40. The minimum Gasteiger partial charge on any atom is -0.370 e. The molecule has 5 nitrogen and oxygen atoms in total. The van der Waals surface area contributed by atoms with Gasteiger partial charge in [0.1, 0.15) is 11.2 Å². The lowest BCUT2D eigenvalue weighted by molar-refractivity contribution is -0.111. The number of sulfonamides is 1. The molecule has 0 unspecified atom stereocenters. The van der Waals surface area contributed by atoms with Gasteiger partial charge in [0.05, 0.1) is 5.69 Å². The molecule has 1 aliphatic heterocycles. The number of hydrogen-bond donors (Lipinski definition) is 1. The molecule has 0 aliphatic carbocycles. The van der Waals surface area contributed by atoms with E-state index in [1.54, 1.807) is 12.1 Å². The molecule has 116 valence electrons. The summed E-state index contributed by atoms with van der Waals surface area (Å²) < 4.78 is 27.4. The minimum atomic E-state index is -3.48. The second kappa shape index (κ2) is 7.04.